The molecule has 0 aliphatic heterocycles. The smallest absolute Gasteiger partial charge is 0.324 e. The van der Waals surface area contributed by atoms with Gasteiger partial charge in [-0.2, -0.15) is 13.2 Å². The van der Waals surface area contributed by atoms with Crippen molar-refractivity contribution in [3.63, 3.8) is 0 Å². The lowest BCUT2D eigenvalue weighted by Crippen LogP contribution is -2.16. The maximum absolute atomic E-state index is 12.7. The molecule has 1 aliphatic rings. The van der Waals surface area contributed by atoms with Crippen LogP contribution in [0, 0.1) is 5.92 Å². The van der Waals surface area contributed by atoms with Crippen molar-refractivity contribution in [1.29, 1.82) is 0 Å². The minimum atomic E-state index is -4.48. The molecule has 2 atom stereocenters. The molecule has 3 rings (SSSR count). The number of hydrogen-bond donors (Lipinski definition) is 1. The van der Waals surface area contributed by atoms with E-state index in [1.54, 1.807) is 0 Å². The van der Waals surface area contributed by atoms with Crippen LogP contribution in [0.3, 0.4) is 0 Å². The maximum atomic E-state index is 12.7. The molecule has 0 saturated heterocycles. The molecule has 0 unspecified atom stereocenters. The highest BCUT2D eigenvalue weighted by Crippen LogP contribution is 2.48. The number of benzene rings is 2. The molecule has 23 heavy (non-hydrogen) atoms. The van der Waals surface area contributed by atoms with Crippen LogP contribution < -0.4 is 5.32 Å². The van der Waals surface area contributed by atoms with Crippen molar-refractivity contribution >= 4 is 23.2 Å². The van der Waals surface area contributed by atoms with Crippen molar-refractivity contribution in [2.24, 2.45) is 5.92 Å². The molecule has 0 bridgehead atoms. The molecule has 6 heteroatoms. The molecule has 2 nitrogen and oxygen atoms in total. The summed E-state index contributed by atoms with van der Waals surface area (Å²) >= 11 is 5.89. The summed E-state index contributed by atoms with van der Waals surface area (Å²) in [6, 6.07) is 12.5. The van der Waals surface area contributed by atoms with Crippen LogP contribution in [0.15, 0.2) is 48.5 Å². The Balaban J connectivity index is 1.72. The van der Waals surface area contributed by atoms with E-state index in [1.165, 1.54) is 0 Å². The van der Waals surface area contributed by atoms with E-state index in [1.807, 2.05) is 30.3 Å². The zero-order chi connectivity index (χ0) is 16.6. The Hall–Kier alpha value is -2.01. The Labute approximate surface area is 136 Å². The summed E-state index contributed by atoms with van der Waals surface area (Å²) in [5, 5.41) is 2.60. The number of anilines is 1. The predicted molar refractivity (Wildman–Crippen MR) is 82.4 cm³/mol. The van der Waals surface area contributed by atoms with Crippen molar-refractivity contribution in [1.82, 2.24) is 0 Å². The number of carbonyl (C=O) groups is 1. The van der Waals surface area contributed by atoms with Crippen LogP contribution in [0.25, 0.3) is 0 Å². The molecule has 2 aromatic rings. The number of alkyl halides is 3. The fraction of sp³-hybridized carbons (Fsp3) is 0.235. The molecule has 1 N–H and O–H groups in total. The van der Waals surface area contributed by atoms with E-state index in [0.29, 0.717) is 6.42 Å². The van der Waals surface area contributed by atoms with Gasteiger partial charge in [-0.15, -0.1) is 0 Å². The zero-order valence-electron chi connectivity index (χ0n) is 11.9. The Bertz CT molecular complexity index is 730. The SMILES string of the molecule is O=C(Nc1cc(C(F)(F)F)ccc1Cl)[C@H]1C[C@@H]1c1ccccc1. The summed E-state index contributed by atoms with van der Waals surface area (Å²) in [6.45, 7) is 0. The van der Waals surface area contributed by atoms with Crippen molar-refractivity contribution in [2.75, 3.05) is 5.32 Å². The van der Waals surface area contributed by atoms with Gasteiger partial charge in [0.2, 0.25) is 5.91 Å². The molecule has 1 saturated carbocycles. The molecule has 120 valence electrons. The highest BCUT2D eigenvalue weighted by Gasteiger charge is 2.44. The van der Waals surface area contributed by atoms with Gasteiger partial charge in [-0.1, -0.05) is 41.9 Å². The van der Waals surface area contributed by atoms with Crippen LogP contribution in [0.1, 0.15) is 23.5 Å². The first kappa shape index (κ1) is 15.9. The van der Waals surface area contributed by atoms with Crippen LogP contribution in [0.5, 0.6) is 0 Å². The molecule has 2 aromatic carbocycles. The highest BCUT2D eigenvalue weighted by atomic mass is 35.5. The number of amides is 1. The minimum absolute atomic E-state index is 0.00907. The van der Waals surface area contributed by atoms with Crippen molar-refractivity contribution in [2.45, 2.75) is 18.5 Å². The normalized spacial score (nSPS) is 20.2. The summed E-state index contributed by atoms with van der Waals surface area (Å²) in [7, 11) is 0. The van der Waals surface area contributed by atoms with Crippen molar-refractivity contribution in [3.8, 4) is 0 Å². The first-order chi connectivity index (χ1) is 10.9. The quantitative estimate of drug-likeness (QED) is 0.828. The Kier molecular flexibility index (Phi) is 4.06. The zero-order valence-corrected chi connectivity index (χ0v) is 12.7. The number of halogens is 4. The minimum Gasteiger partial charge on any atom is -0.324 e. The van der Waals surface area contributed by atoms with Gasteiger partial charge < -0.3 is 5.32 Å². The van der Waals surface area contributed by atoms with Crippen LogP contribution in [0.2, 0.25) is 5.02 Å². The summed E-state index contributed by atoms with van der Waals surface area (Å²) < 4.78 is 38.2. The Morgan fingerprint density at radius 1 is 1.13 bits per heavy atom. The average molecular weight is 340 g/mol. The summed E-state index contributed by atoms with van der Waals surface area (Å²) in [5.74, 6) is -0.427. The van der Waals surface area contributed by atoms with Crippen LogP contribution in [-0.4, -0.2) is 5.91 Å². The second kappa shape index (κ2) is 5.89. The Morgan fingerprint density at radius 3 is 2.48 bits per heavy atom. The van der Waals surface area contributed by atoms with Crippen LogP contribution in [0.4, 0.5) is 18.9 Å². The third-order valence-corrected chi connectivity index (χ3v) is 4.24. The third kappa shape index (κ3) is 3.50. The van der Waals surface area contributed by atoms with Crippen molar-refractivity contribution < 1.29 is 18.0 Å². The summed E-state index contributed by atoms with van der Waals surface area (Å²) in [6.07, 6.45) is -3.79. The van der Waals surface area contributed by atoms with Gasteiger partial charge in [-0.3, -0.25) is 4.79 Å². The molecule has 1 amide bonds. The van der Waals surface area contributed by atoms with E-state index in [9.17, 15) is 18.0 Å². The molecular formula is C17H13ClF3NO. The van der Waals surface area contributed by atoms with E-state index in [2.05, 4.69) is 5.32 Å². The molecule has 0 aromatic heterocycles. The monoisotopic (exact) mass is 339 g/mol. The topological polar surface area (TPSA) is 29.1 Å². The summed E-state index contributed by atoms with van der Waals surface area (Å²) in [5.41, 5.74) is 0.209. The highest BCUT2D eigenvalue weighted by molar-refractivity contribution is 6.33. The number of carbonyl (C=O) groups excluding carboxylic acids is 1. The van der Waals surface area contributed by atoms with Crippen LogP contribution >= 0.6 is 11.6 Å². The average Bonchev–Trinajstić information content (AvgIpc) is 3.30. The molecule has 1 fully saturated rings. The fourth-order valence-electron chi connectivity index (χ4n) is 2.58. The maximum Gasteiger partial charge on any atom is 0.416 e. The molecular weight excluding hydrogens is 327 g/mol. The van der Waals surface area contributed by atoms with E-state index >= 15 is 0 Å². The molecule has 0 heterocycles. The second-order valence-corrected chi connectivity index (χ2v) is 5.95. The molecule has 1 aliphatic carbocycles. The summed E-state index contributed by atoms with van der Waals surface area (Å²) in [4.78, 5) is 12.2. The Morgan fingerprint density at radius 2 is 1.83 bits per heavy atom. The van der Waals surface area contributed by atoms with Gasteiger partial charge in [0.25, 0.3) is 0 Å². The third-order valence-electron chi connectivity index (χ3n) is 3.91. The first-order valence-electron chi connectivity index (χ1n) is 7.09. The molecule has 0 spiro atoms. The lowest BCUT2D eigenvalue weighted by Gasteiger charge is -2.11. The lowest BCUT2D eigenvalue weighted by atomic mass is 10.1. The van der Waals surface area contributed by atoms with Gasteiger partial charge in [0, 0.05) is 5.92 Å². The van der Waals surface area contributed by atoms with Gasteiger partial charge in [0.15, 0.2) is 0 Å². The van der Waals surface area contributed by atoms with Crippen LogP contribution in [-0.2, 0) is 11.0 Å². The van der Waals surface area contributed by atoms with E-state index in [0.717, 1.165) is 23.8 Å². The number of rotatable bonds is 3. The van der Waals surface area contributed by atoms with E-state index < -0.39 is 11.7 Å². The lowest BCUT2D eigenvalue weighted by molar-refractivity contribution is -0.137. The van der Waals surface area contributed by atoms with Gasteiger partial charge >= 0.3 is 6.18 Å². The fourth-order valence-corrected chi connectivity index (χ4v) is 2.74. The predicted octanol–water partition coefficient (Wildman–Crippen LogP) is 5.10. The van der Waals surface area contributed by atoms with Crippen molar-refractivity contribution in [3.05, 3.63) is 64.7 Å². The van der Waals surface area contributed by atoms with E-state index in [4.69, 9.17) is 11.6 Å². The molecule has 0 radical (unpaired) electrons. The number of hydrogen-bond acceptors (Lipinski definition) is 1. The second-order valence-electron chi connectivity index (χ2n) is 5.54. The number of nitrogens with one attached hydrogen (secondary N) is 1. The van der Waals surface area contributed by atoms with Gasteiger partial charge in [-0.25, -0.2) is 0 Å². The van der Waals surface area contributed by atoms with E-state index in [-0.39, 0.29) is 28.5 Å². The standard InChI is InChI=1S/C17H13ClF3NO/c18-14-7-6-11(17(19,20)21)8-15(14)22-16(23)13-9-12(13)10-4-2-1-3-5-10/h1-8,12-13H,9H2,(H,22,23)/t12-,13+/m1/s1. The van der Waals surface area contributed by atoms with Gasteiger partial charge in [0.05, 0.1) is 16.3 Å². The largest absolute Gasteiger partial charge is 0.416 e. The van der Waals surface area contributed by atoms with Gasteiger partial charge in [0.1, 0.15) is 0 Å². The van der Waals surface area contributed by atoms with Gasteiger partial charge in [-0.05, 0) is 36.1 Å². The first-order valence-corrected chi connectivity index (χ1v) is 7.46.